The number of nitrogens with zero attached hydrogens (tertiary/aromatic N) is 4. The fraction of sp³-hybridized carbons (Fsp3) is 0.409. The first kappa shape index (κ1) is 23.1. The molecule has 0 radical (unpaired) electrons. The van der Waals surface area contributed by atoms with Crippen molar-refractivity contribution in [3.63, 3.8) is 0 Å². The zero-order valence-corrected chi connectivity index (χ0v) is 20.0. The Morgan fingerprint density at radius 1 is 1.30 bits per heavy atom. The van der Waals surface area contributed by atoms with E-state index in [0.717, 1.165) is 28.4 Å². The Hall–Kier alpha value is -3.05. The Bertz CT molecular complexity index is 1110. The van der Waals surface area contributed by atoms with E-state index >= 15 is 0 Å². The van der Waals surface area contributed by atoms with Crippen molar-refractivity contribution in [1.29, 1.82) is 0 Å². The molecule has 33 heavy (non-hydrogen) atoms. The first-order chi connectivity index (χ1) is 16.0. The molecule has 1 aliphatic rings. The summed E-state index contributed by atoms with van der Waals surface area (Å²) in [5, 5.41) is 12.7. The van der Waals surface area contributed by atoms with E-state index in [0.29, 0.717) is 24.5 Å². The van der Waals surface area contributed by atoms with Crippen molar-refractivity contribution in [1.82, 2.24) is 15.0 Å². The van der Waals surface area contributed by atoms with Gasteiger partial charge in [0.1, 0.15) is 5.69 Å². The first-order valence-electron chi connectivity index (χ1n) is 10.6. The van der Waals surface area contributed by atoms with Gasteiger partial charge in [-0.2, -0.15) is 0 Å². The molecule has 1 fully saturated rings. The van der Waals surface area contributed by atoms with E-state index in [9.17, 15) is 9.59 Å². The number of piperidine rings is 1. The highest BCUT2D eigenvalue weighted by atomic mass is 32.1. The van der Waals surface area contributed by atoms with Gasteiger partial charge in [-0.25, -0.2) is 9.78 Å². The molecule has 11 heteroatoms. The van der Waals surface area contributed by atoms with Gasteiger partial charge in [-0.1, -0.05) is 16.4 Å². The maximum Gasteiger partial charge on any atom is 0.360 e. The van der Waals surface area contributed by atoms with Gasteiger partial charge in [0, 0.05) is 30.5 Å². The molecule has 0 unspecified atom stereocenters. The molecule has 4 heterocycles. The molecule has 0 aromatic carbocycles. The van der Waals surface area contributed by atoms with E-state index in [-0.39, 0.29) is 30.7 Å². The summed E-state index contributed by atoms with van der Waals surface area (Å²) in [7, 11) is 0. The summed E-state index contributed by atoms with van der Waals surface area (Å²) in [6.45, 7) is 5.09. The molecule has 4 rings (SSSR count). The van der Waals surface area contributed by atoms with Crippen molar-refractivity contribution >= 4 is 40.3 Å². The molecule has 174 valence electrons. The average Bonchev–Trinajstić information content (AvgIpc) is 3.60. The van der Waals surface area contributed by atoms with Crippen LogP contribution in [0.25, 0.3) is 11.5 Å². The minimum absolute atomic E-state index is 0.0656. The second kappa shape index (κ2) is 10.7. The predicted octanol–water partition coefficient (Wildman–Crippen LogP) is 4.18. The van der Waals surface area contributed by atoms with Crippen LogP contribution in [0.1, 0.15) is 53.0 Å². The zero-order valence-electron chi connectivity index (χ0n) is 18.4. The molecule has 0 atom stereocenters. The highest BCUT2D eigenvalue weighted by Gasteiger charge is 2.26. The molecule has 0 N–H and O–H groups in total. The molecular formula is C22H24N4O5S2. The van der Waals surface area contributed by atoms with Crippen LogP contribution in [0.3, 0.4) is 0 Å². The number of carbonyl (C=O) groups is 2. The van der Waals surface area contributed by atoms with Crippen LogP contribution in [0, 0.1) is 0 Å². The van der Waals surface area contributed by atoms with Gasteiger partial charge in [-0.3, -0.25) is 4.79 Å². The number of oxime groups is 1. The number of esters is 1. The Labute approximate surface area is 199 Å². The lowest BCUT2D eigenvalue weighted by atomic mass is 9.97. The monoisotopic (exact) mass is 488 g/mol. The van der Waals surface area contributed by atoms with Crippen molar-refractivity contribution < 1.29 is 23.7 Å². The summed E-state index contributed by atoms with van der Waals surface area (Å²) < 4.78 is 10.2. The van der Waals surface area contributed by atoms with Gasteiger partial charge in [0.05, 0.1) is 22.2 Å². The number of hydrogen-bond acceptors (Lipinski definition) is 10. The Morgan fingerprint density at radius 2 is 2.12 bits per heavy atom. The molecule has 0 bridgehead atoms. The van der Waals surface area contributed by atoms with Gasteiger partial charge >= 0.3 is 5.97 Å². The molecule has 1 saturated heterocycles. The Kier molecular flexibility index (Phi) is 7.50. The van der Waals surface area contributed by atoms with Gasteiger partial charge in [0.25, 0.3) is 5.91 Å². The fourth-order valence-electron chi connectivity index (χ4n) is 3.47. The van der Waals surface area contributed by atoms with Gasteiger partial charge < -0.3 is 19.0 Å². The Balaban J connectivity index is 1.27. The molecule has 1 aliphatic heterocycles. The number of carbonyl (C=O) groups excluding carboxylic acids is 2. The van der Waals surface area contributed by atoms with E-state index in [1.165, 1.54) is 0 Å². The van der Waals surface area contributed by atoms with E-state index in [2.05, 4.69) is 15.3 Å². The number of aromatic nitrogens is 2. The minimum Gasteiger partial charge on any atom is -0.461 e. The maximum absolute atomic E-state index is 12.5. The molecule has 9 nitrogen and oxygen atoms in total. The summed E-state index contributed by atoms with van der Waals surface area (Å²) in [4.78, 5) is 37.0. The standard InChI is InChI=1S/C22H24N4O5S2/c1-3-29-22(28)16-11-18(31-25-16)17-13-33-21(23-17)15-6-8-26(9-7-15)20(27)12-30-24-14(2)19-5-4-10-32-19/h4-5,10-11,13,15H,3,6-9,12H2,1-2H3/b24-14-. The smallest absolute Gasteiger partial charge is 0.360 e. The molecular weight excluding hydrogens is 464 g/mol. The van der Waals surface area contributed by atoms with E-state index < -0.39 is 5.97 Å². The van der Waals surface area contributed by atoms with E-state index in [4.69, 9.17) is 14.1 Å². The Morgan fingerprint density at radius 3 is 2.85 bits per heavy atom. The van der Waals surface area contributed by atoms with Crippen LogP contribution < -0.4 is 0 Å². The number of rotatable bonds is 8. The van der Waals surface area contributed by atoms with Crippen molar-refractivity contribution in [2.45, 2.75) is 32.6 Å². The number of thiophene rings is 1. The first-order valence-corrected chi connectivity index (χ1v) is 12.4. The molecule has 1 amide bonds. The van der Waals surface area contributed by atoms with Crippen LogP contribution in [0.5, 0.6) is 0 Å². The molecule has 3 aromatic heterocycles. The van der Waals surface area contributed by atoms with Crippen LogP contribution in [-0.2, 0) is 14.4 Å². The van der Waals surface area contributed by atoms with Crippen molar-refractivity contribution in [2.75, 3.05) is 26.3 Å². The van der Waals surface area contributed by atoms with Crippen LogP contribution in [0.15, 0.2) is 38.6 Å². The van der Waals surface area contributed by atoms with E-state index in [1.54, 1.807) is 35.7 Å². The second-order valence-corrected chi connectivity index (χ2v) is 9.29. The minimum atomic E-state index is -0.517. The predicted molar refractivity (Wildman–Crippen MR) is 125 cm³/mol. The molecule has 0 aliphatic carbocycles. The number of likely N-dealkylation sites (tertiary alicyclic amines) is 1. The quantitative estimate of drug-likeness (QED) is 0.266. The van der Waals surface area contributed by atoms with Gasteiger partial charge in [-0.05, 0) is 38.1 Å². The summed E-state index contributed by atoms with van der Waals surface area (Å²) >= 11 is 3.12. The molecule has 0 spiro atoms. The lowest BCUT2D eigenvalue weighted by Crippen LogP contribution is -2.39. The van der Waals surface area contributed by atoms with Crippen LogP contribution >= 0.6 is 22.7 Å². The third-order valence-electron chi connectivity index (χ3n) is 5.23. The van der Waals surface area contributed by atoms with Crippen LogP contribution in [0.4, 0.5) is 0 Å². The highest BCUT2D eigenvalue weighted by Crippen LogP contribution is 2.33. The van der Waals surface area contributed by atoms with E-state index in [1.807, 2.05) is 34.7 Å². The largest absolute Gasteiger partial charge is 0.461 e. The zero-order chi connectivity index (χ0) is 23.2. The second-order valence-electron chi connectivity index (χ2n) is 7.45. The highest BCUT2D eigenvalue weighted by molar-refractivity contribution is 7.12. The van der Waals surface area contributed by atoms with Crippen LogP contribution in [0.2, 0.25) is 0 Å². The SMILES string of the molecule is CCOC(=O)c1cc(-c2csc(C3CCN(C(=O)CO/N=C(/C)c4cccs4)CC3)n2)on1. The summed E-state index contributed by atoms with van der Waals surface area (Å²) in [6, 6.07) is 5.46. The lowest BCUT2D eigenvalue weighted by Gasteiger charge is -2.30. The van der Waals surface area contributed by atoms with Gasteiger partial charge in [-0.15, -0.1) is 22.7 Å². The van der Waals surface area contributed by atoms with Crippen molar-refractivity contribution in [2.24, 2.45) is 5.16 Å². The van der Waals surface area contributed by atoms with Crippen LogP contribution in [-0.4, -0.2) is 58.9 Å². The van der Waals surface area contributed by atoms with Crippen molar-refractivity contribution in [3.8, 4) is 11.5 Å². The summed E-state index contributed by atoms with van der Waals surface area (Å²) in [6.07, 6.45) is 1.64. The maximum atomic E-state index is 12.5. The normalized spacial score (nSPS) is 15.0. The van der Waals surface area contributed by atoms with Gasteiger partial charge in [0.15, 0.2) is 18.1 Å². The van der Waals surface area contributed by atoms with Gasteiger partial charge in [0.2, 0.25) is 0 Å². The molecule has 0 saturated carbocycles. The summed E-state index contributed by atoms with van der Waals surface area (Å²) in [5.41, 5.74) is 1.53. The molecule has 3 aromatic rings. The van der Waals surface area contributed by atoms with Crippen molar-refractivity contribution in [3.05, 3.63) is 44.5 Å². The number of hydrogen-bond donors (Lipinski definition) is 0. The lowest BCUT2D eigenvalue weighted by molar-refractivity contribution is -0.137. The fourth-order valence-corrected chi connectivity index (χ4v) is 5.12. The third kappa shape index (κ3) is 5.66. The topological polar surface area (TPSA) is 107 Å². The number of amides is 1. The number of ether oxygens (including phenoxy) is 1. The number of thiazole rings is 1. The summed E-state index contributed by atoms with van der Waals surface area (Å²) in [5.74, 6) is 0.115. The third-order valence-corrected chi connectivity index (χ3v) is 7.22. The average molecular weight is 489 g/mol.